The Bertz CT molecular complexity index is 1180. The minimum absolute atomic E-state index is 0.0596. The normalized spacial score (nSPS) is 20.9. The van der Waals surface area contributed by atoms with Gasteiger partial charge in [0.2, 0.25) is 22.7 Å². The zero-order valence-electron chi connectivity index (χ0n) is 20.6. The molecule has 1 amide bonds. The third-order valence-corrected chi connectivity index (χ3v) is 8.91. The molecule has 2 fully saturated rings. The summed E-state index contributed by atoms with van der Waals surface area (Å²) in [5.74, 6) is 1.95. The van der Waals surface area contributed by atoms with Gasteiger partial charge in [-0.25, -0.2) is 8.42 Å². The molecule has 3 aliphatic heterocycles. The Morgan fingerprint density at radius 2 is 1.75 bits per heavy atom. The highest BCUT2D eigenvalue weighted by Crippen LogP contribution is 2.33. The summed E-state index contributed by atoms with van der Waals surface area (Å²) < 4.78 is 44.2. The summed E-state index contributed by atoms with van der Waals surface area (Å²) in [5, 5.41) is 0. The van der Waals surface area contributed by atoms with Crippen LogP contribution in [0.25, 0.3) is 0 Å². The first kappa shape index (κ1) is 24.9. The van der Waals surface area contributed by atoms with E-state index >= 15 is 0 Å². The number of hydrogen-bond donors (Lipinski definition) is 0. The van der Waals surface area contributed by atoms with E-state index in [0.717, 1.165) is 36.7 Å². The van der Waals surface area contributed by atoms with Crippen molar-refractivity contribution in [2.24, 2.45) is 5.92 Å². The highest BCUT2D eigenvalue weighted by molar-refractivity contribution is 7.89. The summed E-state index contributed by atoms with van der Waals surface area (Å²) >= 11 is 0. The second kappa shape index (κ2) is 10.7. The Morgan fingerprint density at radius 1 is 1.00 bits per heavy atom. The molecule has 1 atom stereocenters. The molecule has 194 valence electrons. The van der Waals surface area contributed by atoms with Gasteiger partial charge in [0, 0.05) is 45.8 Å². The van der Waals surface area contributed by atoms with Crippen LogP contribution >= 0.6 is 0 Å². The van der Waals surface area contributed by atoms with Crippen molar-refractivity contribution in [1.29, 1.82) is 0 Å². The molecule has 0 bridgehead atoms. The number of ether oxygens (including phenoxy) is 3. The molecule has 3 heterocycles. The van der Waals surface area contributed by atoms with Gasteiger partial charge in [-0.1, -0.05) is 6.07 Å². The Balaban J connectivity index is 1.15. The summed E-state index contributed by atoms with van der Waals surface area (Å²) in [6, 6.07) is 12.5. The monoisotopic (exact) mass is 515 g/mol. The lowest BCUT2D eigenvalue weighted by Gasteiger charge is -2.38. The molecule has 0 N–H and O–H groups in total. The number of sulfonamides is 1. The second-order valence-corrected chi connectivity index (χ2v) is 11.3. The van der Waals surface area contributed by atoms with Gasteiger partial charge in [-0.3, -0.25) is 9.69 Å². The van der Waals surface area contributed by atoms with E-state index in [-0.39, 0.29) is 30.1 Å². The number of piperazine rings is 1. The lowest BCUT2D eigenvalue weighted by atomic mass is 9.97. The van der Waals surface area contributed by atoms with Crippen molar-refractivity contribution >= 4 is 15.9 Å². The van der Waals surface area contributed by atoms with E-state index in [0.29, 0.717) is 44.8 Å². The highest BCUT2D eigenvalue weighted by Gasteiger charge is 2.36. The molecule has 0 aromatic heterocycles. The van der Waals surface area contributed by atoms with Crippen molar-refractivity contribution in [2.75, 3.05) is 52.7 Å². The fraction of sp³-hybridized carbons (Fsp3) is 0.500. The molecule has 0 spiro atoms. The van der Waals surface area contributed by atoms with Crippen molar-refractivity contribution in [3.8, 4) is 17.2 Å². The van der Waals surface area contributed by atoms with Crippen molar-refractivity contribution in [3.05, 3.63) is 48.0 Å². The fourth-order valence-corrected chi connectivity index (χ4v) is 6.59. The second-order valence-electron chi connectivity index (χ2n) is 9.40. The Kier molecular flexibility index (Phi) is 7.36. The predicted octanol–water partition coefficient (Wildman–Crippen LogP) is 2.56. The van der Waals surface area contributed by atoms with Crippen LogP contribution in [-0.4, -0.2) is 81.1 Å². The van der Waals surface area contributed by atoms with Gasteiger partial charge in [0.1, 0.15) is 5.75 Å². The van der Waals surface area contributed by atoms with Crippen LogP contribution in [0.1, 0.15) is 25.3 Å². The van der Waals surface area contributed by atoms with Crippen molar-refractivity contribution < 1.29 is 27.4 Å². The summed E-state index contributed by atoms with van der Waals surface area (Å²) in [4.78, 5) is 17.8. The Labute approximate surface area is 212 Å². The molecule has 36 heavy (non-hydrogen) atoms. The van der Waals surface area contributed by atoms with Crippen LogP contribution < -0.4 is 14.2 Å². The molecule has 9 nitrogen and oxygen atoms in total. The van der Waals surface area contributed by atoms with Crippen molar-refractivity contribution in [1.82, 2.24) is 14.1 Å². The maximum absolute atomic E-state index is 13.3. The van der Waals surface area contributed by atoms with Gasteiger partial charge in [0.05, 0.1) is 17.4 Å². The lowest BCUT2D eigenvalue weighted by molar-refractivity contribution is -0.138. The van der Waals surface area contributed by atoms with Gasteiger partial charge < -0.3 is 19.1 Å². The largest absolute Gasteiger partial charge is 0.494 e. The van der Waals surface area contributed by atoms with E-state index in [4.69, 9.17) is 14.2 Å². The fourth-order valence-electron chi connectivity index (χ4n) is 5.07. The number of piperidine rings is 1. The molecule has 5 rings (SSSR count). The van der Waals surface area contributed by atoms with Crippen LogP contribution in [0.15, 0.2) is 47.4 Å². The molecule has 3 aliphatic rings. The van der Waals surface area contributed by atoms with Gasteiger partial charge in [-0.2, -0.15) is 4.31 Å². The molecule has 2 saturated heterocycles. The molecule has 0 aliphatic carbocycles. The lowest BCUT2D eigenvalue weighted by Crippen LogP contribution is -2.52. The molecule has 10 heteroatoms. The number of benzene rings is 2. The minimum Gasteiger partial charge on any atom is -0.494 e. The van der Waals surface area contributed by atoms with E-state index in [2.05, 4.69) is 4.90 Å². The zero-order chi connectivity index (χ0) is 25.1. The number of carbonyl (C=O) groups is 1. The third-order valence-electron chi connectivity index (χ3n) is 7.03. The first-order valence-electron chi connectivity index (χ1n) is 12.6. The average Bonchev–Trinajstić information content (AvgIpc) is 3.37. The summed E-state index contributed by atoms with van der Waals surface area (Å²) in [6.07, 6.45) is 1.39. The van der Waals surface area contributed by atoms with Crippen LogP contribution in [0.5, 0.6) is 17.2 Å². The van der Waals surface area contributed by atoms with E-state index in [1.54, 1.807) is 24.3 Å². The summed E-state index contributed by atoms with van der Waals surface area (Å²) in [5.41, 5.74) is 1.15. The maximum Gasteiger partial charge on any atom is 0.243 e. The van der Waals surface area contributed by atoms with E-state index in [9.17, 15) is 13.2 Å². The Hall–Kier alpha value is -2.82. The first-order valence-corrected chi connectivity index (χ1v) is 14.0. The van der Waals surface area contributed by atoms with E-state index < -0.39 is 10.0 Å². The van der Waals surface area contributed by atoms with E-state index in [1.165, 1.54) is 4.31 Å². The molecular formula is C26H33N3O6S. The van der Waals surface area contributed by atoms with Gasteiger partial charge in [-0.05, 0) is 61.7 Å². The van der Waals surface area contributed by atoms with E-state index in [1.807, 2.05) is 30.0 Å². The number of rotatable bonds is 7. The summed E-state index contributed by atoms with van der Waals surface area (Å²) in [6.45, 7) is 6.97. The van der Waals surface area contributed by atoms with Gasteiger partial charge in [0.25, 0.3) is 0 Å². The molecule has 0 unspecified atom stereocenters. The number of nitrogens with zero attached hydrogens (tertiary/aromatic N) is 3. The molecular weight excluding hydrogens is 482 g/mol. The van der Waals surface area contributed by atoms with Crippen LogP contribution in [0, 0.1) is 5.92 Å². The molecule has 0 saturated carbocycles. The number of carbonyl (C=O) groups excluding carboxylic acids is 1. The molecule has 0 radical (unpaired) electrons. The zero-order valence-corrected chi connectivity index (χ0v) is 21.4. The van der Waals surface area contributed by atoms with Crippen molar-refractivity contribution in [2.45, 2.75) is 31.2 Å². The number of amides is 1. The number of hydrogen-bond acceptors (Lipinski definition) is 7. The SMILES string of the molecule is CCOc1ccc(S(=O)(=O)N2CCC[C@@H](C(=O)N3CCN(Cc4ccc5c(c4)OCO5)CC3)C2)cc1. The smallest absolute Gasteiger partial charge is 0.243 e. The van der Waals surface area contributed by atoms with Crippen LogP contribution in [-0.2, 0) is 21.4 Å². The Morgan fingerprint density at radius 3 is 2.50 bits per heavy atom. The van der Waals surface area contributed by atoms with Crippen LogP contribution in [0.3, 0.4) is 0 Å². The first-order chi connectivity index (χ1) is 17.4. The quantitative estimate of drug-likeness (QED) is 0.560. The highest BCUT2D eigenvalue weighted by atomic mass is 32.2. The number of fused-ring (bicyclic) bond motifs is 1. The van der Waals surface area contributed by atoms with Gasteiger partial charge >= 0.3 is 0 Å². The van der Waals surface area contributed by atoms with Crippen molar-refractivity contribution in [3.63, 3.8) is 0 Å². The van der Waals surface area contributed by atoms with Crippen LogP contribution in [0.4, 0.5) is 0 Å². The van der Waals surface area contributed by atoms with Crippen LogP contribution in [0.2, 0.25) is 0 Å². The predicted molar refractivity (Wildman–Crippen MR) is 134 cm³/mol. The molecule has 2 aromatic rings. The average molecular weight is 516 g/mol. The standard InChI is InChI=1S/C26H33N3O6S/c1-2-33-22-6-8-23(9-7-22)36(31,32)29-11-3-4-21(18-29)26(30)28-14-12-27(13-15-28)17-20-5-10-24-25(16-20)35-19-34-24/h5-10,16,21H,2-4,11-15,17-19H2,1H3/t21-/m1/s1. The van der Waals surface area contributed by atoms with Gasteiger partial charge in [0.15, 0.2) is 11.5 Å². The summed E-state index contributed by atoms with van der Waals surface area (Å²) in [7, 11) is -3.66. The van der Waals surface area contributed by atoms with Gasteiger partial charge in [-0.15, -0.1) is 0 Å². The maximum atomic E-state index is 13.3. The third kappa shape index (κ3) is 5.30. The topological polar surface area (TPSA) is 88.6 Å². The molecule has 2 aromatic carbocycles. The minimum atomic E-state index is -3.66.